The minimum absolute atomic E-state index is 0. The molecule has 1 aliphatic carbocycles. The van der Waals surface area contributed by atoms with Crippen molar-refractivity contribution in [2.75, 3.05) is 32.1 Å². The zero-order chi connectivity index (χ0) is 18.6. The van der Waals surface area contributed by atoms with Gasteiger partial charge in [-0.15, -0.1) is 24.0 Å². The standard InChI is InChI=1S/C20H32N4O2.HI/c1-16(25)24-18-10-5-11-19(15-18)26-14-13-23-20(21-2)22-12-6-9-17-7-3-4-8-17;/h5,10-11,15,17H,3-4,6-9,12-14H2,1-2H3,(H,24,25)(H2,21,22,23);1H. The van der Waals surface area contributed by atoms with Crippen LogP contribution in [0.1, 0.15) is 45.4 Å². The molecule has 0 radical (unpaired) electrons. The Morgan fingerprint density at radius 3 is 2.67 bits per heavy atom. The second-order valence-electron chi connectivity index (χ2n) is 6.78. The third-order valence-electron chi connectivity index (χ3n) is 4.60. The fraction of sp³-hybridized carbons (Fsp3) is 0.600. The molecule has 1 amide bonds. The summed E-state index contributed by atoms with van der Waals surface area (Å²) in [6.45, 7) is 3.62. The molecular weight excluding hydrogens is 455 g/mol. The number of nitrogens with one attached hydrogen (secondary N) is 3. The second-order valence-corrected chi connectivity index (χ2v) is 6.78. The summed E-state index contributed by atoms with van der Waals surface area (Å²) in [5.74, 6) is 2.39. The molecule has 0 heterocycles. The molecule has 0 aromatic heterocycles. The van der Waals surface area contributed by atoms with Crippen LogP contribution in [-0.2, 0) is 4.79 Å². The van der Waals surface area contributed by atoms with E-state index in [1.165, 1.54) is 45.4 Å². The summed E-state index contributed by atoms with van der Waals surface area (Å²) < 4.78 is 5.72. The van der Waals surface area contributed by atoms with Gasteiger partial charge in [0.25, 0.3) is 0 Å². The van der Waals surface area contributed by atoms with Gasteiger partial charge in [0.05, 0.1) is 6.54 Å². The lowest BCUT2D eigenvalue weighted by Crippen LogP contribution is -2.39. The number of aliphatic imine (C=N–C) groups is 1. The highest BCUT2D eigenvalue weighted by atomic mass is 127. The molecule has 0 bridgehead atoms. The molecule has 7 heteroatoms. The maximum Gasteiger partial charge on any atom is 0.221 e. The molecule has 6 nitrogen and oxygen atoms in total. The molecule has 1 aliphatic rings. The van der Waals surface area contributed by atoms with Crippen LogP contribution >= 0.6 is 24.0 Å². The third kappa shape index (κ3) is 9.83. The smallest absolute Gasteiger partial charge is 0.221 e. The number of carbonyl (C=O) groups excluding carboxylic acids is 1. The van der Waals surface area contributed by atoms with Gasteiger partial charge in [-0.05, 0) is 30.9 Å². The van der Waals surface area contributed by atoms with E-state index in [1.54, 1.807) is 7.05 Å². The predicted molar refractivity (Wildman–Crippen MR) is 122 cm³/mol. The van der Waals surface area contributed by atoms with Crippen molar-refractivity contribution in [1.29, 1.82) is 0 Å². The van der Waals surface area contributed by atoms with E-state index in [4.69, 9.17) is 4.74 Å². The Morgan fingerprint density at radius 1 is 1.22 bits per heavy atom. The number of carbonyl (C=O) groups is 1. The van der Waals surface area contributed by atoms with Gasteiger partial charge in [-0.3, -0.25) is 9.79 Å². The van der Waals surface area contributed by atoms with Gasteiger partial charge < -0.3 is 20.7 Å². The van der Waals surface area contributed by atoms with Crippen LogP contribution in [0, 0.1) is 5.92 Å². The van der Waals surface area contributed by atoms with Crippen molar-refractivity contribution in [1.82, 2.24) is 10.6 Å². The minimum atomic E-state index is -0.0911. The summed E-state index contributed by atoms with van der Waals surface area (Å²) >= 11 is 0. The van der Waals surface area contributed by atoms with E-state index < -0.39 is 0 Å². The SMILES string of the molecule is CN=C(NCCCC1CCCC1)NCCOc1cccc(NC(C)=O)c1.I. The highest BCUT2D eigenvalue weighted by Crippen LogP contribution is 2.28. The van der Waals surface area contributed by atoms with E-state index in [0.29, 0.717) is 13.2 Å². The van der Waals surface area contributed by atoms with E-state index in [2.05, 4.69) is 20.9 Å². The van der Waals surface area contributed by atoms with Crippen molar-refractivity contribution in [2.45, 2.75) is 45.4 Å². The second kappa shape index (κ2) is 13.6. The van der Waals surface area contributed by atoms with E-state index in [0.717, 1.165) is 29.9 Å². The van der Waals surface area contributed by atoms with Gasteiger partial charge in [-0.1, -0.05) is 31.7 Å². The van der Waals surface area contributed by atoms with Gasteiger partial charge in [0.1, 0.15) is 12.4 Å². The average Bonchev–Trinajstić information content (AvgIpc) is 3.13. The average molecular weight is 488 g/mol. The fourth-order valence-corrected chi connectivity index (χ4v) is 3.32. The van der Waals surface area contributed by atoms with E-state index >= 15 is 0 Å². The van der Waals surface area contributed by atoms with Crippen molar-refractivity contribution in [3.63, 3.8) is 0 Å². The van der Waals surface area contributed by atoms with Crippen LogP contribution in [0.2, 0.25) is 0 Å². The molecule has 3 N–H and O–H groups in total. The van der Waals surface area contributed by atoms with Crippen molar-refractivity contribution < 1.29 is 9.53 Å². The van der Waals surface area contributed by atoms with Gasteiger partial charge >= 0.3 is 0 Å². The molecule has 1 aromatic carbocycles. The van der Waals surface area contributed by atoms with Gasteiger partial charge in [-0.25, -0.2) is 0 Å². The number of anilines is 1. The summed E-state index contributed by atoms with van der Waals surface area (Å²) in [7, 11) is 1.78. The molecule has 0 spiro atoms. The largest absolute Gasteiger partial charge is 0.492 e. The molecule has 27 heavy (non-hydrogen) atoms. The molecular formula is C20H33IN4O2. The molecule has 0 atom stereocenters. The van der Waals surface area contributed by atoms with Crippen molar-refractivity contribution in [3.8, 4) is 5.75 Å². The Balaban J connectivity index is 0.00000364. The lowest BCUT2D eigenvalue weighted by Gasteiger charge is -2.14. The summed E-state index contributed by atoms with van der Waals surface area (Å²) in [5.41, 5.74) is 0.739. The number of guanidine groups is 1. The maximum atomic E-state index is 11.1. The normalized spacial score (nSPS) is 14.4. The quantitative estimate of drug-likeness (QED) is 0.214. The Morgan fingerprint density at radius 2 is 1.96 bits per heavy atom. The van der Waals surface area contributed by atoms with Gasteiger partial charge in [0.2, 0.25) is 5.91 Å². The zero-order valence-electron chi connectivity index (χ0n) is 16.4. The van der Waals surface area contributed by atoms with Crippen LogP contribution in [0.4, 0.5) is 5.69 Å². The Kier molecular flexibility index (Phi) is 11.9. The number of hydrogen-bond acceptors (Lipinski definition) is 3. The first-order valence-electron chi connectivity index (χ1n) is 9.62. The first kappa shape index (κ1) is 23.5. The number of amides is 1. The van der Waals surface area contributed by atoms with Crippen molar-refractivity contribution >= 4 is 41.5 Å². The number of rotatable bonds is 9. The van der Waals surface area contributed by atoms with E-state index in [9.17, 15) is 4.79 Å². The molecule has 1 saturated carbocycles. The number of hydrogen-bond donors (Lipinski definition) is 3. The van der Waals surface area contributed by atoms with Crippen LogP contribution < -0.4 is 20.7 Å². The molecule has 2 rings (SSSR count). The number of benzene rings is 1. The van der Waals surface area contributed by atoms with Crippen LogP contribution in [0.15, 0.2) is 29.3 Å². The molecule has 0 saturated heterocycles. The van der Waals surface area contributed by atoms with Gasteiger partial charge in [0, 0.05) is 32.3 Å². The molecule has 1 aromatic rings. The Labute approximate surface area is 179 Å². The number of nitrogens with zero attached hydrogens (tertiary/aromatic N) is 1. The monoisotopic (exact) mass is 488 g/mol. The molecule has 0 aliphatic heterocycles. The summed E-state index contributed by atoms with van der Waals surface area (Å²) in [5, 5.41) is 9.37. The topological polar surface area (TPSA) is 74.8 Å². The van der Waals surface area contributed by atoms with Crippen molar-refractivity contribution in [3.05, 3.63) is 24.3 Å². The fourth-order valence-electron chi connectivity index (χ4n) is 3.32. The van der Waals surface area contributed by atoms with Gasteiger partial charge in [0.15, 0.2) is 5.96 Å². The van der Waals surface area contributed by atoms with Gasteiger partial charge in [-0.2, -0.15) is 0 Å². The van der Waals surface area contributed by atoms with Crippen LogP contribution in [0.5, 0.6) is 5.75 Å². The minimum Gasteiger partial charge on any atom is -0.492 e. The summed E-state index contributed by atoms with van der Waals surface area (Å²) in [6, 6.07) is 7.39. The first-order valence-corrected chi connectivity index (χ1v) is 9.62. The molecule has 1 fully saturated rings. The highest BCUT2D eigenvalue weighted by molar-refractivity contribution is 14.0. The Hall–Kier alpha value is -1.51. The molecule has 0 unspecified atom stereocenters. The lowest BCUT2D eigenvalue weighted by atomic mass is 10.0. The molecule has 152 valence electrons. The Bertz CT molecular complexity index is 589. The van der Waals surface area contributed by atoms with Crippen LogP contribution in [0.25, 0.3) is 0 Å². The van der Waals surface area contributed by atoms with Crippen LogP contribution in [0.3, 0.4) is 0 Å². The summed E-state index contributed by atoms with van der Waals surface area (Å²) in [6.07, 6.45) is 8.15. The van der Waals surface area contributed by atoms with Crippen LogP contribution in [-0.4, -0.2) is 38.6 Å². The highest BCUT2D eigenvalue weighted by Gasteiger charge is 2.13. The third-order valence-corrected chi connectivity index (χ3v) is 4.60. The van der Waals surface area contributed by atoms with E-state index in [-0.39, 0.29) is 29.9 Å². The number of halogens is 1. The first-order chi connectivity index (χ1) is 12.7. The summed E-state index contributed by atoms with van der Waals surface area (Å²) in [4.78, 5) is 15.3. The lowest BCUT2D eigenvalue weighted by molar-refractivity contribution is -0.114. The van der Waals surface area contributed by atoms with Crippen molar-refractivity contribution in [2.24, 2.45) is 10.9 Å². The zero-order valence-corrected chi connectivity index (χ0v) is 18.8. The number of ether oxygens (including phenoxy) is 1. The van der Waals surface area contributed by atoms with E-state index in [1.807, 2.05) is 24.3 Å². The maximum absolute atomic E-state index is 11.1. The predicted octanol–water partition coefficient (Wildman–Crippen LogP) is 3.78.